The number of nitrogens with two attached hydrogens (primary N) is 1. The van der Waals surface area contributed by atoms with Gasteiger partial charge < -0.3 is 21.1 Å². The molecule has 0 atom stereocenters. The lowest BCUT2D eigenvalue weighted by atomic mass is 9.79. The number of primary amides is 1. The van der Waals surface area contributed by atoms with E-state index in [1.807, 2.05) is 0 Å². The first-order chi connectivity index (χ1) is 11.5. The Morgan fingerprint density at radius 2 is 1.83 bits per heavy atom. The van der Waals surface area contributed by atoms with E-state index in [-0.39, 0.29) is 18.4 Å². The number of nitrogens with one attached hydrogen (secondary N) is 2. The fourth-order valence-corrected chi connectivity index (χ4v) is 2.52. The summed E-state index contributed by atoms with van der Waals surface area (Å²) in [5.41, 5.74) is 5.75. The molecular formula is C17H21N3O4. The zero-order valence-corrected chi connectivity index (χ0v) is 13.3. The maximum Gasteiger partial charge on any atom is 0.251 e. The van der Waals surface area contributed by atoms with Crippen LogP contribution in [0.1, 0.15) is 23.2 Å². The van der Waals surface area contributed by atoms with Crippen molar-refractivity contribution in [3.05, 3.63) is 42.5 Å². The van der Waals surface area contributed by atoms with Gasteiger partial charge >= 0.3 is 0 Å². The molecule has 0 unspecified atom stereocenters. The minimum atomic E-state index is -0.758. The molecular weight excluding hydrogens is 310 g/mol. The summed E-state index contributed by atoms with van der Waals surface area (Å²) in [4.78, 5) is 35.2. The van der Waals surface area contributed by atoms with Gasteiger partial charge in [-0.05, 0) is 43.2 Å². The second-order valence-electron chi connectivity index (χ2n) is 5.71. The smallest absolute Gasteiger partial charge is 0.251 e. The summed E-state index contributed by atoms with van der Waals surface area (Å²) in [6.07, 6.45) is 2.15. The fourth-order valence-electron chi connectivity index (χ4n) is 2.52. The molecule has 0 spiro atoms. The number of amides is 3. The van der Waals surface area contributed by atoms with Gasteiger partial charge in [0.2, 0.25) is 11.8 Å². The molecule has 1 aliphatic rings. The molecule has 2 rings (SSSR count). The van der Waals surface area contributed by atoms with Crippen LogP contribution in [0, 0.1) is 5.41 Å². The van der Waals surface area contributed by atoms with Crippen molar-refractivity contribution in [1.82, 2.24) is 5.32 Å². The molecule has 1 fully saturated rings. The minimum absolute atomic E-state index is 0.180. The third-order valence-corrected chi connectivity index (χ3v) is 4.16. The summed E-state index contributed by atoms with van der Waals surface area (Å²) in [6, 6.07) is 6.42. The van der Waals surface area contributed by atoms with Crippen molar-refractivity contribution >= 4 is 23.4 Å². The van der Waals surface area contributed by atoms with E-state index in [1.54, 1.807) is 24.3 Å². The lowest BCUT2D eigenvalue weighted by Gasteiger charge is -2.34. The van der Waals surface area contributed by atoms with Gasteiger partial charge in [-0.25, -0.2) is 0 Å². The second-order valence-corrected chi connectivity index (χ2v) is 5.71. The molecule has 0 saturated carbocycles. The topological polar surface area (TPSA) is 111 Å². The van der Waals surface area contributed by atoms with Gasteiger partial charge in [0.05, 0.1) is 5.41 Å². The predicted molar refractivity (Wildman–Crippen MR) is 89.3 cm³/mol. The molecule has 4 N–H and O–H groups in total. The van der Waals surface area contributed by atoms with Crippen molar-refractivity contribution in [1.29, 1.82) is 0 Å². The highest BCUT2D eigenvalue weighted by molar-refractivity contribution is 5.99. The van der Waals surface area contributed by atoms with E-state index >= 15 is 0 Å². The average molecular weight is 331 g/mol. The maximum atomic E-state index is 12.2. The van der Waals surface area contributed by atoms with Gasteiger partial charge in [0.1, 0.15) is 0 Å². The number of hydrogen-bond acceptors (Lipinski definition) is 4. The SMILES string of the molecule is C=CC(=O)Nc1ccc(C(=O)NCC2(C(N)=O)CCOCC2)cc1. The highest BCUT2D eigenvalue weighted by atomic mass is 16.5. The predicted octanol–water partition coefficient (Wildman–Crippen LogP) is 0.823. The lowest BCUT2D eigenvalue weighted by molar-refractivity contribution is -0.132. The second kappa shape index (κ2) is 7.74. The van der Waals surface area contributed by atoms with Crippen LogP contribution in [0.3, 0.4) is 0 Å². The average Bonchev–Trinajstić information content (AvgIpc) is 2.61. The van der Waals surface area contributed by atoms with Crippen LogP contribution >= 0.6 is 0 Å². The molecule has 1 aliphatic heterocycles. The molecule has 1 aromatic carbocycles. The van der Waals surface area contributed by atoms with E-state index in [4.69, 9.17) is 10.5 Å². The van der Waals surface area contributed by atoms with Crippen LogP contribution in [0.5, 0.6) is 0 Å². The zero-order valence-electron chi connectivity index (χ0n) is 13.3. The Hall–Kier alpha value is -2.67. The van der Waals surface area contributed by atoms with Crippen molar-refractivity contribution < 1.29 is 19.1 Å². The van der Waals surface area contributed by atoms with Crippen molar-refractivity contribution in [2.24, 2.45) is 11.1 Å². The molecule has 24 heavy (non-hydrogen) atoms. The lowest BCUT2D eigenvalue weighted by Crippen LogP contribution is -2.49. The quantitative estimate of drug-likeness (QED) is 0.670. The number of benzene rings is 1. The molecule has 128 valence electrons. The monoisotopic (exact) mass is 331 g/mol. The van der Waals surface area contributed by atoms with Crippen molar-refractivity contribution in [3.63, 3.8) is 0 Å². The Labute approximate surface area is 140 Å². The Morgan fingerprint density at radius 3 is 2.38 bits per heavy atom. The molecule has 7 heteroatoms. The summed E-state index contributed by atoms with van der Waals surface area (Å²) in [6.45, 7) is 4.46. The summed E-state index contributed by atoms with van der Waals surface area (Å²) < 4.78 is 5.26. The van der Waals surface area contributed by atoms with Gasteiger partial charge in [-0.15, -0.1) is 0 Å². The summed E-state index contributed by atoms with van der Waals surface area (Å²) >= 11 is 0. The van der Waals surface area contributed by atoms with E-state index < -0.39 is 11.3 Å². The highest BCUT2D eigenvalue weighted by Crippen LogP contribution is 2.29. The van der Waals surface area contributed by atoms with Gasteiger partial charge in [-0.1, -0.05) is 6.58 Å². The molecule has 0 bridgehead atoms. The first-order valence-corrected chi connectivity index (χ1v) is 7.66. The number of rotatable bonds is 6. The fraction of sp³-hybridized carbons (Fsp3) is 0.353. The van der Waals surface area contributed by atoms with Crippen molar-refractivity contribution in [2.45, 2.75) is 12.8 Å². The Balaban J connectivity index is 1.97. The minimum Gasteiger partial charge on any atom is -0.381 e. The molecule has 0 aromatic heterocycles. The molecule has 3 amide bonds. The molecule has 1 aromatic rings. The van der Waals surface area contributed by atoms with Gasteiger partial charge in [0, 0.05) is 31.0 Å². The number of anilines is 1. The molecule has 1 saturated heterocycles. The molecule has 1 heterocycles. The number of carbonyl (C=O) groups is 3. The van der Waals surface area contributed by atoms with Gasteiger partial charge in [0.15, 0.2) is 0 Å². The Morgan fingerprint density at radius 1 is 1.21 bits per heavy atom. The number of carbonyl (C=O) groups excluding carboxylic acids is 3. The molecule has 0 radical (unpaired) electrons. The largest absolute Gasteiger partial charge is 0.381 e. The summed E-state index contributed by atoms with van der Waals surface area (Å²) in [7, 11) is 0. The van der Waals surface area contributed by atoms with Crippen LogP contribution in [-0.4, -0.2) is 37.5 Å². The van der Waals surface area contributed by atoms with E-state index in [0.29, 0.717) is 37.3 Å². The summed E-state index contributed by atoms with van der Waals surface area (Å²) in [5, 5.41) is 5.36. The first-order valence-electron chi connectivity index (χ1n) is 7.66. The highest BCUT2D eigenvalue weighted by Gasteiger charge is 2.38. The zero-order chi connectivity index (χ0) is 17.6. The van der Waals surface area contributed by atoms with Crippen LogP contribution in [-0.2, 0) is 14.3 Å². The van der Waals surface area contributed by atoms with E-state index in [0.717, 1.165) is 6.08 Å². The van der Waals surface area contributed by atoms with Gasteiger partial charge in [-0.2, -0.15) is 0 Å². The van der Waals surface area contributed by atoms with Crippen molar-refractivity contribution in [3.8, 4) is 0 Å². The van der Waals surface area contributed by atoms with E-state index in [9.17, 15) is 14.4 Å². The Bertz CT molecular complexity index is 634. The number of hydrogen-bond donors (Lipinski definition) is 3. The van der Waals surface area contributed by atoms with Crippen LogP contribution in [0.2, 0.25) is 0 Å². The third kappa shape index (κ3) is 4.20. The summed E-state index contributed by atoms with van der Waals surface area (Å²) in [5.74, 6) is -1.05. The third-order valence-electron chi connectivity index (χ3n) is 4.16. The van der Waals surface area contributed by atoms with Gasteiger partial charge in [0.25, 0.3) is 5.91 Å². The molecule has 7 nitrogen and oxygen atoms in total. The number of ether oxygens (including phenoxy) is 1. The van der Waals surface area contributed by atoms with Crippen molar-refractivity contribution in [2.75, 3.05) is 25.1 Å². The first kappa shape index (κ1) is 17.7. The Kier molecular flexibility index (Phi) is 5.70. The van der Waals surface area contributed by atoms with E-state index in [2.05, 4.69) is 17.2 Å². The standard InChI is InChI=1S/C17H21N3O4/c1-2-14(21)20-13-5-3-12(4-6-13)15(22)19-11-17(16(18)23)7-9-24-10-8-17/h2-6H,1,7-11H2,(H2,18,23)(H,19,22)(H,20,21). The van der Waals surface area contributed by atoms with Crippen LogP contribution < -0.4 is 16.4 Å². The van der Waals surface area contributed by atoms with Crippen LogP contribution in [0.15, 0.2) is 36.9 Å². The van der Waals surface area contributed by atoms with Crippen LogP contribution in [0.25, 0.3) is 0 Å². The van der Waals surface area contributed by atoms with Crippen LogP contribution in [0.4, 0.5) is 5.69 Å². The van der Waals surface area contributed by atoms with E-state index in [1.165, 1.54) is 0 Å². The maximum absolute atomic E-state index is 12.2. The van der Waals surface area contributed by atoms with Gasteiger partial charge in [-0.3, -0.25) is 14.4 Å². The normalized spacial score (nSPS) is 16.0. The molecule has 0 aliphatic carbocycles.